The van der Waals surface area contributed by atoms with Crippen LogP contribution in [0, 0.1) is 91.9 Å². The van der Waals surface area contributed by atoms with Crippen molar-refractivity contribution >= 4 is 22.3 Å². The summed E-state index contributed by atoms with van der Waals surface area (Å²) in [5, 5.41) is 38.9. The fourth-order valence-electron chi connectivity index (χ4n) is 6.88. The Kier molecular flexibility index (Phi) is 11.5. The van der Waals surface area contributed by atoms with E-state index < -0.39 is 184 Å². The Balaban J connectivity index is 1.92. The summed E-state index contributed by atoms with van der Waals surface area (Å²) in [7, 11) is 0. The molecular formula is C42H8F20N4. The van der Waals surface area contributed by atoms with E-state index >= 15 is 35.1 Å². The largest absolute Gasteiger partial charge is 0.416 e. The predicted octanol–water partition coefficient (Wildman–Crippen LogP) is 13.4. The van der Waals surface area contributed by atoms with Gasteiger partial charge in [0.2, 0.25) is 0 Å². The summed E-state index contributed by atoms with van der Waals surface area (Å²) in [5.74, 6) is -21.0. The van der Waals surface area contributed by atoms with Crippen molar-refractivity contribution < 1.29 is 87.8 Å². The molecule has 4 aromatic carbocycles. The van der Waals surface area contributed by atoms with Crippen LogP contribution in [-0.4, -0.2) is 0 Å². The second-order valence-corrected chi connectivity index (χ2v) is 13.5. The minimum absolute atomic E-state index is 0.142. The van der Waals surface area contributed by atoms with Crippen LogP contribution in [0.2, 0.25) is 0 Å². The summed E-state index contributed by atoms with van der Waals surface area (Å²) in [6.45, 7) is 0. The maximum Gasteiger partial charge on any atom is 0.416 e. The number of nitrogens with zero attached hydrogens (tertiary/aromatic N) is 4. The van der Waals surface area contributed by atoms with Crippen molar-refractivity contribution in [1.82, 2.24) is 0 Å². The van der Waals surface area contributed by atoms with Gasteiger partial charge in [-0.1, -0.05) is 0 Å². The molecule has 336 valence electrons. The molecule has 0 unspecified atom stereocenters. The Hall–Kier alpha value is -7.86. The fraction of sp³-hybridized carbons (Fsp3) is 0.0952. The van der Waals surface area contributed by atoms with Crippen molar-refractivity contribution in [3.63, 3.8) is 0 Å². The van der Waals surface area contributed by atoms with Gasteiger partial charge in [0.25, 0.3) is 0 Å². The Bertz CT molecular complexity index is 2860. The third-order valence-electron chi connectivity index (χ3n) is 9.72. The highest BCUT2D eigenvalue weighted by Gasteiger charge is 2.44. The molecule has 24 heteroatoms. The highest BCUT2D eigenvalue weighted by molar-refractivity contribution is 6.12. The van der Waals surface area contributed by atoms with Crippen LogP contribution in [0.15, 0.2) is 70.8 Å². The van der Waals surface area contributed by atoms with Gasteiger partial charge >= 0.3 is 24.7 Å². The van der Waals surface area contributed by atoms with Crippen LogP contribution >= 0.6 is 0 Å². The van der Waals surface area contributed by atoms with Gasteiger partial charge in [-0.05, 0) is 82.0 Å². The Morgan fingerprint density at radius 2 is 0.606 bits per heavy atom. The first-order valence-corrected chi connectivity index (χ1v) is 17.0. The standard InChI is InChI=1S/C42H8F20N4/c43-31-25(11-65)32(44)36(48)29(35(31)47)23(9-63)27-19(13-1-15(39(51,52)53)5-16(2-13)40(54,55)56)7-21-22(27)8-20(14-3-17(41(57,58)59)6-18(4-14)42(60,61)62)28(21)24(10-64)30-37(49)33(45)26(12-66)34(46)38(30)50/h1-8H/b27-23-,28-24-. The predicted molar refractivity (Wildman–Crippen MR) is 183 cm³/mol. The van der Waals surface area contributed by atoms with Gasteiger partial charge in [-0.25, -0.2) is 35.1 Å². The molecule has 0 aliphatic heterocycles. The molecule has 0 spiro atoms. The van der Waals surface area contributed by atoms with Crippen molar-refractivity contribution in [1.29, 1.82) is 21.0 Å². The molecule has 6 rings (SSSR count). The smallest absolute Gasteiger partial charge is 0.203 e. The minimum atomic E-state index is -5.73. The zero-order valence-electron chi connectivity index (χ0n) is 31.0. The van der Waals surface area contributed by atoms with Crippen LogP contribution in [0.1, 0.15) is 55.6 Å². The SMILES string of the molecule is N#C/C(=C1\C(c2cc(C(F)(F)F)cc(C(F)(F)F)c2)=CC2=C1C=C(c1cc(C(F)(F)F)cc(C(F)(F)F)c1)/C2=C(\C#N)c1c(F)c(F)c(C#N)c(F)c1F)c1c(F)c(F)c(C#N)c(F)c1F. The molecule has 0 radical (unpaired) electrons. The van der Waals surface area contributed by atoms with Crippen molar-refractivity contribution in [2.45, 2.75) is 24.7 Å². The van der Waals surface area contributed by atoms with Gasteiger partial charge in [0.1, 0.15) is 35.4 Å². The lowest BCUT2D eigenvalue weighted by molar-refractivity contribution is -0.144. The molecule has 0 fully saturated rings. The zero-order chi connectivity index (χ0) is 49.5. The van der Waals surface area contributed by atoms with E-state index in [1.165, 1.54) is 0 Å². The van der Waals surface area contributed by atoms with Crippen molar-refractivity contribution in [3.8, 4) is 24.3 Å². The second-order valence-electron chi connectivity index (χ2n) is 13.5. The number of allylic oxidation sites excluding steroid dienone is 10. The second kappa shape index (κ2) is 16.0. The van der Waals surface area contributed by atoms with Crippen LogP contribution in [0.4, 0.5) is 87.8 Å². The van der Waals surface area contributed by atoms with Gasteiger partial charge in [0.05, 0.1) is 44.5 Å². The molecule has 4 aromatic rings. The Labute approximate surface area is 353 Å². The number of benzene rings is 4. The molecule has 0 N–H and O–H groups in total. The number of nitriles is 4. The Morgan fingerprint density at radius 3 is 0.803 bits per heavy atom. The van der Waals surface area contributed by atoms with Crippen LogP contribution in [-0.2, 0) is 24.7 Å². The van der Waals surface area contributed by atoms with Gasteiger partial charge in [-0.2, -0.15) is 73.7 Å². The third kappa shape index (κ3) is 7.78. The van der Waals surface area contributed by atoms with E-state index in [9.17, 15) is 63.2 Å². The molecule has 0 aromatic heterocycles. The molecule has 66 heavy (non-hydrogen) atoms. The molecule has 0 atom stereocenters. The van der Waals surface area contributed by atoms with Crippen molar-refractivity contribution in [3.05, 3.63) is 173 Å². The maximum absolute atomic E-state index is 15.7. The van der Waals surface area contributed by atoms with E-state index in [1.54, 1.807) is 0 Å². The third-order valence-corrected chi connectivity index (χ3v) is 9.72. The molecular weight excluding hydrogens is 940 g/mol. The zero-order valence-corrected chi connectivity index (χ0v) is 31.0. The monoisotopic (exact) mass is 948 g/mol. The van der Waals surface area contributed by atoms with Crippen LogP contribution in [0.5, 0.6) is 0 Å². The van der Waals surface area contributed by atoms with E-state index in [0.29, 0.717) is 0 Å². The first-order chi connectivity index (χ1) is 30.4. The number of alkyl halides is 12. The van der Waals surface area contributed by atoms with E-state index in [1.807, 2.05) is 0 Å². The molecule has 0 amide bonds. The molecule has 0 bridgehead atoms. The summed E-state index contributed by atoms with van der Waals surface area (Å²) in [5.41, 5.74) is -32.0. The summed E-state index contributed by atoms with van der Waals surface area (Å²) >= 11 is 0. The highest BCUT2D eigenvalue weighted by atomic mass is 19.4. The van der Waals surface area contributed by atoms with E-state index in [2.05, 4.69) is 0 Å². The molecule has 0 saturated carbocycles. The van der Waals surface area contributed by atoms with Gasteiger partial charge < -0.3 is 0 Å². The van der Waals surface area contributed by atoms with Crippen LogP contribution in [0.25, 0.3) is 22.3 Å². The number of rotatable bonds is 4. The quantitative estimate of drug-likeness (QED) is 0.116. The summed E-state index contributed by atoms with van der Waals surface area (Å²) in [4.78, 5) is 0. The first-order valence-electron chi connectivity index (χ1n) is 17.0. The van der Waals surface area contributed by atoms with Crippen molar-refractivity contribution in [2.75, 3.05) is 0 Å². The maximum atomic E-state index is 15.7. The minimum Gasteiger partial charge on any atom is -0.203 e. The van der Waals surface area contributed by atoms with Crippen molar-refractivity contribution in [2.24, 2.45) is 0 Å². The average Bonchev–Trinajstić information content (AvgIpc) is 3.78. The topological polar surface area (TPSA) is 95.2 Å². The van der Waals surface area contributed by atoms with E-state index in [4.69, 9.17) is 10.5 Å². The summed E-state index contributed by atoms with van der Waals surface area (Å²) in [6, 6.07) is 1.90. The van der Waals surface area contributed by atoms with Crippen LogP contribution < -0.4 is 0 Å². The molecule has 2 aliphatic carbocycles. The molecule has 0 heterocycles. The summed E-state index contributed by atoms with van der Waals surface area (Å²) in [6.07, 6.45) is -22.5. The van der Waals surface area contributed by atoms with E-state index in [0.717, 1.165) is 24.3 Å². The summed E-state index contributed by atoms with van der Waals surface area (Å²) < 4.78 is 293. The molecule has 0 saturated heterocycles. The molecule has 4 nitrogen and oxygen atoms in total. The van der Waals surface area contributed by atoms with Gasteiger partial charge in [0, 0.05) is 11.1 Å². The van der Waals surface area contributed by atoms with Gasteiger partial charge in [-0.15, -0.1) is 0 Å². The number of hydrogen-bond donors (Lipinski definition) is 0. The average molecular weight is 949 g/mol. The van der Waals surface area contributed by atoms with Crippen LogP contribution in [0.3, 0.4) is 0 Å². The fourth-order valence-corrected chi connectivity index (χ4v) is 6.88. The first kappa shape index (κ1) is 47.6. The Morgan fingerprint density at radius 1 is 0.364 bits per heavy atom. The van der Waals surface area contributed by atoms with E-state index in [-0.39, 0.29) is 36.4 Å². The van der Waals surface area contributed by atoms with Gasteiger partial charge in [0.15, 0.2) is 46.5 Å². The highest BCUT2D eigenvalue weighted by Crippen LogP contribution is 2.55. The lowest BCUT2D eigenvalue weighted by atomic mass is 9.85. The number of hydrogen-bond acceptors (Lipinski definition) is 4. The molecule has 2 aliphatic rings. The lowest BCUT2D eigenvalue weighted by Crippen LogP contribution is -2.12. The lowest BCUT2D eigenvalue weighted by Gasteiger charge is -2.19. The van der Waals surface area contributed by atoms with Gasteiger partial charge in [-0.3, -0.25) is 0 Å². The number of halogens is 20. The normalized spacial score (nSPS) is 15.7.